The summed E-state index contributed by atoms with van der Waals surface area (Å²) in [6, 6.07) is 10.8. The minimum Gasteiger partial charge on any atom is -0.396 e. The van der Waals surface area contributed by atoms with Crippen LogP contribution in [0.15, 0.2) is 30.3 Å². The van der Waals surface area contributed by atoms with Crippen LogP contribution < -0.4 is 0 Å². The molecule has 0 amide bonds. The molecule has 2 rings (SSSR count). The van der Waals surface area contributed by atoms with Crippen molar-refractivity contribution in [2.24, 2.45) is 5.92 Å². The van der Waals surface area contributed by atoms with E-state index in [0.29, 0.717) is 6.61 Å². The van der Waals surface area contributed by atoms with Gasteiger partial charge in [-0.05, 0) is 69.6 Å². The Hall–Kier alpha value is -0.860. The second-order valence-corrected chi connectivity index (χ2v) is 5.74. The topological polar surface area (TPSA) is 23.5 Å². The standard InChI is InChI=1S/C17H27NO/c19-15-5-4-12-18-13-10-17(11-14-18)9-8-16-6-2-1-3-7-16/h1-3,6-7,17,19H,4-5,8-15H2. The lowest BCUT2D eigenvalue weighted by atomic mass is 9.90. The average molecular weight is 261 g/mol. The van der Waals surface area contributed by atoms with Crippen LogP contribution >= 0.6 is 0 Å². The summed E-state index contributed by atoms with van der Waals surface area (Å²) >= 11 is 0. The fourth-order valence-corrected chi connectivity index (χ4v) is 2.96. The van der Waals surface area contributed by atoms with Crippen molar-refractivity contribution in [3.8, 4) is 0 Å². The molecule has 1 aliphatic rings. The van der Waals surface area contributed by atoms with Gasteiger partial charge < -0.3 is 10.0 Å². The number of hydrogen-bond acceptors (Lipinski definition) is 2. The van der Waals surface area contributed by atoms with E-state index >= 15 is 0 Å². The summed E-state index contributed by atoms with van der Waals surface area (Å²) in [6.45, 7) is 4.02. The van der Waals surface area contributed by atoms with Crippen molar-refractivity contribution in [1.29, 1.82) is 0 Å². The number of likely N-dealkylation sites (tertiary alicyclic amines) is 1. The number of unbranched alkanes of at least 4 members (excludes halogenated alkanes) is 1. The molecule has 0 bridgehead atoms. The van der Waals surface area contributed by atoms with Gasteiger partial charge in [-0.2, -0.15) is 0 Å². The van der Waals surface area contributed by atoms with Crippen molar-refractivity contribution in [3.05, 3.63) is 35.9 Å². The number of aliphatic hydroxyl groups is 1. The lowest BCUT2D eigenvalue weighted by Crippen LogP contribution is -2.34. The highest BCUT2D eigenvalue weighted by Crippen LogP contribution is 2.22. The molecular weight excluding hydrogens is 234 g/mol. The normalized spacial score (nSPS) is 17.7. The first-order chi connectivity index (χ1) is 9.38. The second-order valence-electron chi connectivity index (χ2n) is 5.74. The van der Waals surface area contributed by atoms with Gasteiger partial charge in [0, 0.05) is 6.61 Å². The van der Waals surface area contributed by atoms with E-state index in [0.717, 1.165) is 18.8 Å². The number of nitrogens with zero attached hydrogens (tertiary/aromatic N) is 1. The molecule has 0 saturated carbocycles. The zero-order valence-electron chi connectivity index (χ0n) is 11.9. The monoisotopic (exact) mass is 261 g/mol. The molecule has 1 aromatic carbocycles. The smallest absolute Gasteiger partial charge is 0.0431 e. The van der Waals surface area contributed by atoms with Gasteiger partial charge in [-0.3, -0.25) is 0 Å². The minimum absolute atomic E-state index is 0.341. The Morgan fingerprint density at radius 1 is 1.05 bits per heavy atom. The summed E-state index contributed by atoms with van der Waals surface area (Å²) in [5, 5.41) is 8.80. The number of aliphatic hydroxyl groups excluding tert-OH is 1. The third-order valence-electron chi connectivity index (χ3n) is 4.27. The highest BCUT2D eigenvalue weighted by Gasteiger charge is 2.18. The third-order valence-corrected chi connectivity index (χ3v) is 4.27. The van der Waals surface area contributed by atoms with Crippen molar-refractivity contribution < 1.29 is 5.11 Å². The van der Waals surface area contributed by atoms with Crippen molar-refractivity contribution in [3.63, 3.8) is 0 Å². The Labute approximate surface area is 117 Å². The van der Waals surface area contributed by atoms with Crippen LogP contribution in [0.2, 0.25) is 0 Å². The van der Waals surface area contributed by atoms with E-state index < -0.39 is 0 Å². The van der Waals surface area contributed by atoms with Crippen LogP contribution in [0, 0.1) is 5.92 Å². The fraction of sp³-hybridized carbons (Fsp3) is 0.647. The first-order valence-electron chi connectivity index (χ1n) is 7.75. The van der Waals surface area contributed by atoms with Crippen molar-refractivity contribution in [2.45, 2.75) is 38.5 Å². The van der Waals surface area contributed by atoms with Gasteiger partial charge in [-0.25, -0.2) is 0 Å². The highest BCUT2D eigenvalue weighted by atomic mass is 16.2. The second kappa shape index (κ2) is 8.34. The van der Waals surface area contributed by atoms with Gasteiger partial charge in [-0.15, -0.1) is 0 Å². The van der Waals surface area contributed by atoms with Crippen LogP contribution in [0.5, 0.6) is 0 Å². The van der Waals surface area contributed by atoms with Gasteiger partial charge in [0.15, 0.2) is 0 Å². The SMILES string of the molecule is OCCCCN1CCC(CCc2ccccc2)CC1. The predicted octanol–water partition coefficient (Wildman–Crippen LogP) is 3.10. The molecule has 2 nitrogen and oxygen atoms in total. The molecular formula is C17H27NO. The zero-order valence-corrected chi connectivity index (χ0v) is 11.9. The van der Waals surface area contributed by atoms with Crippen molar-refractivity contribution in [1.82, 2.24) is 4.90 Å². The molecule has 0 spiro atoms. The summed E-state index contributed by atoms with van der Waals surface area (Å²) < 4.78 is 0. The highest BCUT2D eigenvalue weighted by molar-refractivity contribution is 5.14. The molecule has 0 aliphatic carbocycles. The van der Waals surface area contributed by atoms with Gasteiger partial charge in [0.05, 0.1) is 0 Å². The fourth-order valence-electron chi connectivity index (χ4n) is 2.96. The van der Waals surface area contributed by atoms with Crippen LogP contribution in [-0.2, 0) is 6.42 Å². The van der Waals surface area contributed by atoms with Gasteiger partial charge >= 0.3 is 0 Å². The molecule has 1 aromatic rings. The van der Waals surface area contributed by atoms with Crippen molar-refractivity contribution in [2.75, 3.05) is 26.2 Å². The van der Waals surface area contributed by atoms with E-state index in [1.807, 2.05) is 0 Å². The number of aryl methyl sites for hydroxylation is 1. The van der Waals surface area contributed by atoms with Gasteiger partial charge in [0.1, 0.15) is 0 Å². The van der Waals surface area contributed by atoms with E-state index in [1.54, 1.807) is 0 Å². The minimum atomic E-state index is 0.341. The Morgan fingerprint density at radius 2 is 1.79 bits per heavy atom. The van der Waals surface area contributed by atoms with E-state index in [1.165, 1.54) is 50.9 Å². The Kier molecular flexibility index (Phi) is 6.38. The summed E-state index contributed by atoms with van der Waals surface area (Å²) in [6.07, 6.45) is 7.38. The molecule has 0 aromatic heterocycles. The molecule has 0 atom stereocenters. The maximum absolute atomic E-state index is 8.80. The molecule has 1 aliphatic heterocycles. The van der Waals surface area contributed by atoms with Crippen LogP contribution in [0.1, 0.15) is 37.7 Å². The Balaban J connectivity index is 1.61. The number of hydrogen-bond donors (Lipinski definition) is 1. The van der Waals surface area contributed by atoms with E-state index in [9.17, 15) is 0 Å². The van der Waals surface area contributed by atoms with E-state index in [2.05, 4.69) is 35.2 Å². The first kappa shape index (κ1) is 14.5. The molecule has 2 heteroatoms. The molecule has 1 heterocycles. The molecule has 106 valence electrons. The Morgan fingerprint density at radius 3 is 2.47 bits per heavy atom. The third kappa shape index (κ3) is 5.33. The molecule has 19 heavy (non-hydrogen) atoms. The van der Waals surface area contributed by atoms with E-state index in [4.69, 9.17) is 5.11 Å². The maximum atomic E-state index is 8.80. The summed E-state index contributed by atoms with van der Waals surface area (Å²) in [5.41, 5.74) is 1.48. The average Bonchev–Trinajstić information content (AvgIpc) is 2.48. The number of piperidine rings is 1. The van der Waals surface area contributed by atoms with Crippen molar-refractivity contribution >= 4 is 0 Å². The number of rotatable bonds is 7. The summed E-state index contributed by atoms with van der Waals surface area (Å²) in [4.78, 5) is 2.56. The molecule has 1 saturated heterocycles. The molecule has 0 radical (unpaired) electrons. The predicted molar refractivity (Wildman–Crippen MR) is 80.2 cm³/mol. The molecule has 1 N–H and O–H groups in total. The lowest BCUT2D eigenvalue weighted by molar-refractivity contribution is 0.171. The maximum Gasteiger partial charge on any atom is 0.0431 e. The lowest BCUT2D eigenvalue weighted by Gasteiger charge is -2.32. The quantitative estimate of drug-likeness (QED) is 0.762. The van der Waals surface area contributed by atoms with Crippen LogP contribution in [0.3, 0.4) is 0 Å². The summed E-state index contributed by atoms with van der Waals surface area (Å²) in [7, 11) is 0. The van der Waals surface area contributed by atoms with Gasteiger partial charge in [0.25, 0.3) is 0 Å². The number of benzene rings is 1. The zero-order chi connectivity index (χ0) is 13.3. The van der Waals surface area contributed by atoms with Gasteiger partial charge in [-0.1, -0.05) is 30.3 Å². The largest absolute Gasteiger partial charge is 0.396 e. The van der Waals surface area contributed by atoms with Gasteiger partial charge in [0.2, 0.25) is 0 Å². The Bertz CT molecular complexity index is 330. The first-order valence-corrected chi connectivity index (χ1v) is 7.75. The van der Waals surface area contributed by atoms with E-state index in [-0.39, 0.29) is 0 Å². The molecule has 0 unspecified atom stereocenters. The van der Waals surface area contributed by atoms with Crippen LogP contribution in [0.4, 0.5) is 0 Å². The molecule has 1 fully saturated rings. The summed E-state index contributed by atoms with van der Waals surface area (Å²) in [5.74, 6) is 0.911. The van der Waals surface area contributed by atoms with Crippen LogP contribution in [-0.4, -0.2) is 36.2 Å². The van der Waals surface area contributed by atoms with Crippen LogP contribution in [0.25, 0.3) is 0 Å².